The van der Waals surface area contributed by atoms with E-state index in [0.29, 0.717) is 109 Å². The number of carboxylic acids is 3. The molecule has 0 aliphatic carbocycles. The monoisotopic (exact) mass is 1500 g/mol. The van der Waals surface area contributed by atoms with E-state index in [1.54, 1.807) is 24.3 Å². The average molecular weight is 1500 g/mol. The summed E-state index contributed by atoms with van der Waals surface area (Å²) in [6, 6.07) is 2.66. The fraction of sp³-hybridized carbons (Fsp3) is 0.712. The fourth-order valence-electron chi connectivity index (χ4n) is 9.07. The van der Waals surface area contributed by atoms with Gasteiger partial charge in [0.2, 0.25) is 59.1 Å². The second-order valence-electron chi connectivity index (χ2n) is 23.5. The Balaban J connectivity index is 1.73. The number of ether oxygens (including phenoxy) is 9. The topological polar surface area (TPSA) is 543 Å². The minimum Gasteiger partial charge on any atom is -0.480 e. The van der Waals surface area contributed by atoms with Crippen molar-refractivity contribution in [1.29, 1.82) is 0 Å². The van der Waals surface area contributed by atoms with Crippen LogP contribution in [-0.4, -0.2) is 297 Å². The van der Waals surface area contributed by atoms with Crippen LogP contribution in [0.15, 0.2) is 24.3 Å². The number of carbonyl (C=O) groups excluding carboxylic acids is 10. The van der Waals surface area contributed by atoms with E-state index in [-0.39, 0.29) is 180 Å². The maximum atomic E-state index is 13.6. The third kappa shape index (κ3) is 49.2. The standard InChI is InChI=1S/C66H110N12O25S/c67-49(64(89)90)7-1-4-20-70-55(80)16-23-73-54(79)15-12-47-10-13-48(14-11-47)76-59(84)44-103-45-60(85)77-52(62(87)75-25-30-98-34-38-102-42-40-100-36-32-96-28-19-58(83)72-22-6-3-9-51(69)66(93)94)46-104-53-43-61(86)78(63(53)88)26-17-56(81)74-24-29-97-33-37-101-41-39-99-35-31-95-27-18-57(82)71-21-5-2-8-50(68)65(91)92/h10-11,13-14,49-53H,1-9,12,15-46,67-69H2,(H,70,80)(H,71,82)(H,72,83)(H,73,79)(H,74,81)(H,75,87)(H,76,84)(H,77,85)(H,89,90)(H,91,92)(H,93,94)/t49-,50-,51-,52-,53?/m0/s1. The summed E-state index contributed by atoms with van der Waals surface area (Å²) in [7, 11) is 0. The first-order valence-electron chi connectivity index (χ1n) is 35.0. The zero-order valence-electron chi connectivity index (χ0n) is 59.3. The van der Waals surface area contributed by atoms with Gasteiger partial charge in [-0.25, -0.2) is 0 Å². The number of nitrogens with zero attached hydrogens (tertiary/aromatic N) is 1. The summed E-state index contributed by atoms with van der Waals surface area (Å²) in [4.78, 5) is 160. The van der Waals surface area contributed by atoms with Crippen molar-refractivity contribution >= 4 is 94.4 Å². The molecule has 2 rings (SSSR count). The van der Waals surface area contributed by atoms with Crippen LogP contribution in [0.4, 0.5) is 5.69 Å². The SMILES string of the molecule is N[C@@H](CCCCNC(=O)CCNC(=O)CCc1ccc(NC(=O)COCC(=O)N[C@@H](CSC2CC(=O)N(CCC(=O)NCCOCCOCCOCCOCCC(=O)NCCCC[C@H](N)C(=O)O)C2=O)C(=O)NCCOCCOCCOCCOCCC(=O)NCCCC[C@H](N)C(=O)O)cc1)C(=O)O. The molecule has 0 aromatic heterocycles. The van der Waals surface area contributed by atoms with E-state index in [9.17, 15) is 62.3 Å². The lowest BCUT2D eigenvalue weighted by molar-refractivity contribution is -0.140. The van der Waals surface area contributed by atoms with Crippen molar-refractivity contribution < 1.29 is 120 Å². The molecule has 1 aliphatic heterocycles. The molecule has 1 saturated heterocycles. The predicted molar refractivity (Wildman–Crippen MR) is 375 cm³/mol. The number of nitrogens with one attached hydrogen (secondary N) is 8. The summed E-state index contributed by atoms with van der Waals surface area (Å²) < 4.78 is 49.2. The molecule has 0 radical (unpaired) electrons. The van der Waals surface area contributed by atoms with E-state index in [2.05, 4.69) is 42.5 Å². The van der Waals surface area contributed by atoms with Gasteiger partial charge in [-0.05, 0) is 81.9 Å². The molecule has 1 aromatic carbocycles. The number of likely N-dealkylation sites (tertiary alicyclic amines) is 1. The van der Waals surface area contributed by atoms with Crippen molar-refractivity contribution in [2.75, 3.05) is 176 Å². The third-order valence-corrected chi connectivity index (χ3v) is 16.2. The highest BCUT2D eigenvalue weighted by Crippen LogP contribution is 2.26. The van der Waals surface area contributed by atoms with Gasteiger partial charge >= 0.3 is 17.9 Å². The number of imide groups is 1. The predicted octanol–water partition coefficient (Wildman–Crippen LogP) is -2.94. The Morgan fingerprint density at radius 3 is 1.28 bits per heavy atom. The molecule has 0 bridgehead atoms. The van der Waals surface area contributed by atoms with Crippen LogP contribution in [0.5, 0.6) is 0 Å². The van der Waals surface area contributed by atoms with Gasteiger partial charge < -0.3 is 118 Å². The van der Waals surface area contributed by atoms with E-state index in [1.165, 1.54) is 0 Å². The Hall–Kier alpha value is -7.60. The molecule has 1 heterocycles. The van der Waals surface area contributed by atoms with Gasteiger partial charge in [-0.3, -0.25) is 67.2 Å². The quantitative estimate of drug-likeness (QED) is 0.0229. The van der Waals surface area contributed by atoms with Crippen LogP contribution in [0.3, 0.4) is 0 Å². The number of anilines is 1. The van der Waals surface area contributed by atoms with Crippen LogP contribution >= 0.6 is 11.8 Å². The first-order chi connectivity index (χ1) is 50.1. The molecule has 1 fully saturated rings. The normalized spacial score (nSPS) is 13.8. The Kier molecular flexibility index (Phi) is 53.0. The van der Waals surface area contributed by atoms with E-state index >= 15 is 0 Å². The van der Waals surface area contributed by atoms with Crippen LogP contribution in [0.2, 0.25) is 0 Å². The van der Waals surface area contributed by atoms with Crippen LogP contribution in [0, 0.1) is 0 Å². The highest BCUT2D eigenvalue weighted by Gasteiger charge is 2.40. The summed E-state index contributed by atoms with van der Waals surface area (Å²) >= 11 is 0.964. The molecule has 104 heavy (non-hydrogen) atoms. The first-order valence-corrected chi connectivity index (χ1v) is 36.0. The van der Waals surface area contributed by atoms with Crippen molar-refractivity contribution in [2.24, 2.45) is 17.2 Å². The highest BCUT2D eigenvalue weighted by atomic mass is 32.2. The molecular formula is C66H110N12O25S. The number of aryl methyl sites for hydroxylation is 1. The molecule has 17 N–H and O–H groups in total. The van der Waals surface area contributed by atoms with Gasteiger partial charge in [-0.15, -0.1) is 11.8 Å². The van der Waals surface area contributed by atoms with Gasteiger partial charge in [0, 0.05) is 95.8 Å². The molecule has 590 valence electrons. The van der Waals surface area contributed by atoms with Crippen LogP contribution < -0.4 is 59.7 Å². The molecule has 5 atom stereocenters. The minimum atomic E-state index is -1.25. The number of unbranched alkanes of at least 4 members (excludes halogenated alkanes) is 3. The number of carboxylic acid groups (broad SMARTS) is 3. The molecule has 1 aliphatic rings. The third-order valence-electron chi connectivity index (χ3n) is 14.9. The largest absolute Gasteiger partial charge is 0.480 e. The van der Waals surface area contributed by atoms with Gasteiger partial charge in [0.1, 0.15) is 37.4 Å². The Morgan fingerprint density at radius 1 is 0.433 bits per heavy atom. The zero-order valence-corrected chi connectivity index (χ0v) is 60.1. The van der Waals surface area contributed by atoms with Crippen molar-refractivity contribution in [3.05, 3.63) is 29.8 Å². The van der Waals surface area contributed by atoms with Crippen LogP contribution in [0.25, 0.3) is 0 Å². The summed E-state index contributed by atoms with van der Waals surface area (Å²) in [6.45, 7) is 3.89. The van der Waals surface area contributed by atoms with E-state index in [4.69, 9.17) is 75.2 Å². The second-order valence-corrected chi connectivity index (χ2v) is 24.8. The Bertz CT molecular complexity index is 2710. The summed E-state index contributed by atoms with van der Waals surface area (Å²) in [5.74, 6) is -7.77. The summed E-state index contributed by atoms with van der Waals surface area (Å²) in [5, 5.41) is 47.0. The molecule has 38 heteroatoms. The Labute approximate surface area is 609 Å². The highest BCUT2D eigenvalue weighted by molar-refractivity contribution is 8.00. The van der Waals surface area contributed by atoms with E-state index < -0.39 is 96.0 Å². The number of aliphatic carboxylic acids is 3. The Morgan fingerprint density at radius 2 is 0.817 bits per heavy atom. The van der Waals surface area contributed by atoms with Crippen molar-refractivity contribution in [3.63, 3.8) is 0 Å². The molecule has 37 nitrogen and oxygen atoms in total. The van der Waals surface area contributed by atoms with Crippen LogP contribution in [0.1, 0.15) is 102 Å². The van der Waals surface area contributed by atoms with Crippen molar-refractivity contribution in [2.45, 2.75) is 132 Å². The maximum absolute atomic E-state index is 13.6. The van der Waals surface area contributed by atoms with Gasteiger partial charge in [0.05, 0.1) is 111 Å². The molecule has 0 saturated carbocycles. The minimum absolute atomic E-state index is 0.0124. The number of amides is 10. The number of nitrogens with two attached hydrogens (primary N) is 3. The molecule has 10 amide bonds. The zero-order chi connectivity index (χ0) is 76.4. The second kappa shape index (κ2) is 59.6. The van der Waals surface area contributed by atoms with E-state index in [1.807, 2.05) is 0 Å². The number of carbonyl (C=O) groups is 13. The molecule has 1 aromatic rings. The van der Waals surface area contributed by atoms with Crippen molar-refractivity contribution in [1.82, 2.24) is 42.1 Å². The fourth-order valence-corrected chi connectivity index (χ4v) is 10.3. The first kappa shape index (κ1) is 92.5. The van der Waals surface area contributed by atoms with E-state index in [0.717, 1.165) is 22.2 Å². The van der Waals surface area contributed by atoms with Gasteiger partial charge in [-0.2, -0.15) is 0 Å². The molecule has 0 spiro atoms. The molecular weight excluding hydrogens is 1390 g/mol. The smallest absolute Gasteiger partial charge is 0.320 e. The number of benzene rings is 1. The number of hydrogen-bond acceptors (Lipinski definition) is 26. The number of thioether (sulfide) groups is 1. The lowest BCUT2D eigenvalue weighted by Crippen LogP contribution is -2.50. The van der Waals surface area contributed by atoms with Crippen LogP contribution in [-0.2, 0) is 111 Å². The summed E-state index contributed by atoms with van der Waals surface area (Å²) in [6.07, 6.45) is 4.98. The van der Waals surface area contributed by atoms with Crippen molar-refractivity contribution in [3.8, 4) is 0 Å². The maximum Gasteiger partial charge on any atom is 0.320 e. The molecule has 1 unspecified atom stereocenters. The number of hydrogen-bond donors (Lipinski definition) is 14. The summed E-state index contributed by atoms with van der Waals surface area (Å²) in [5.41, 5.74) is 17.6. The van der Waals surface area contributed by atoms with Gasteiger partial charge in [0.25, 0.3) is 0 Å². The number of rotatable bonds is 67. The average Bonchev–Trinajstić information content (AvgIpc) is 1.69. The lowest BCUT2D eigenvalue weighted by Gasteiger charge is -2.20. The lowest BCUT2D eigenvalue weighted by atomic mass is 10.1. The van der Waals surface area contributed by atoms with Gasteiger partial charge in [-0.1, -0.05) is 12.1 Å². The van der Waals surface area contributed by atoms with Gasteiger partial charge in [0.15, 0.2) is 0 Å².